The average molecular weight is 277 g/mol. The first-order valence-corrected chi connectivity index (χ1v) is 8.06. The molecule has 0 unspecified atom stereocenters. The van der Waals surface area contributed by atoms with Gasteiger partial charge in [-0.25, -0.2) is 0 Å². The molecule has 0 aromatic rings. The van der Waals surface area contributed by atoms with Gasteiger partial charge in [0.1, 0.15) is 0 Å². The van der Waals surface area contributed by atoms with Crippen molar-refractivity contribution in [3.8, 4) is 0 Å². The molecule has 0 saturated carbocycles. The topological polar surface area (TPSA) is 20.2 Å². The van der Waals surface area contributed by atoms with Crippen molar-refractivity contribution in [2.75, 3.05) is 11.5 Å². The highest BCUT2D eigenvalue weighted by Gasteiger charge is 2.30. The first-order chi connectivity index (χ1) is 7.47. The Morgan fingerprint density at radius 3 is 1.53 bits per heavy atom. The standard InChI is InChI=1S/C14H28OS2/c1-8-9-14(15,10-16-12(2,3)4)11-17-13(5,6)7/h8,15H,1,9-11H2,2-7H3. The van der Waals surface area contributed by atoms with Gasteiger partial charge in [-0.1, -0.05) is 47.6 Å². The van der Waals surface area contributed by atoms with Crippen LogP contribution >= 0.6 is 23.5 Å². The highest BCUT2D eigenvalue weighted by molar-refractivity contribution is 8.01. The lowest BCUT2D eigenvalue weighted by Crippen LogP contribution is -2.37. The maximum atomic E-state index is 10.6. The van der Waals surface area contributed by atoms with Crippen LogP contribution < -0.4 is 0 Å². The summed E-state index contributed by atoms with van der Waals surface area (Å²) >= 11 is 3.64. The second-order valence-electron chi connectivity index (χ2n) is 6.52. The Bertz CT molecular complexity index is 218. The summed E-state index contributed by atoms with van der Waals surface area (Å²) in [4.78, 5) is 0. The van der Waals surface area contributed by atoms with Gasteiger partial charge in [0, 0.05) is 21.0 Å². The van der Waals surface area contributed by atoms with Gasteiger partial charge < -0.3 is 5.11 Å². The van der Waals surface area contributed by atoms with E-state index >= 15 is 0 Å². The summed E-state index contributed by atoms with van der Waals surface area (Å²) in [6, 6.07) is 0. The molecular weight excluding hydrogens is 248 g/mol. The van der Waals surface area contributed by atoms with Crippen molar-refractivity contribution in [3.63, 3.8) is 0 Å². The zero-order chi connectivity index (χ0) is 13.7. The molecular formula is C14H28OS2. The third-order valence-corrected chi connectivity index (χ3v) is 5.17. The van der Waals surface area contributed by atoms with Crippen LogP contribution in [-0.2, 0) is 0 Å². The highest BCUT2D eigenvalue weighted by Crippen LogP contribution is 2.34. The van der Waals surface area contributed by atoms with Crippen molar-refractivity contribution in [2.45, 2.75) is 63.1 Å². The minimum Gasteiger partial charge on any atom is -0.388 e. The van der Waals surface area contributed by atoms with Gasteiger partial charge in [-0.05, 0) is 6.42 Å². The van der Waals surface area contributed by atoms with Crippen molar-refractivity contribution in [1.29, 1.82) is 0 Å². The third kappa shape index (κ3) is 10.0. The number of thioether (sulfide) groups is 2. The summed E-state index contributed by atoms with van der Waals surface area (Å²) in [5.41, 5.74) is -0.627. The Hall–Kier alpha value is 0.400. The lowest BCUT2D eigenvalue weighted by molar-refractivity contribution is 0.0937. The van der Waals surface area contributed by atoms with Crippen LogP contribution in [0.5, 0.6) is 0 Å². The van der Waals surface area contributed by atoms with E-state index in [9.17, 15) is 5.11 Å². The van der Waals surface area contributed by atoms with E-state index in [1.165, 1.54) is 0 Å². The number of aliphatic hydroxyl groups is 1. The number of hydrogen-bond donors (Lipinski definition) is 1. The molecule has 0 radical (unpaired) electrons. The smallest absolute Gasteiger partial charge is 0.0862 e. The van der Waals surface area contributed by atoms with Gasteiger partial charge in [-0.3, -0.25) is 0 Å². The van der Waals surface area contributed by atoms with Gasteiger partial charge >= 0.3 is 0 Å². The zero-order valence-electron chi connectivity index (χ0n) is 12.2. The fraction of sp³-hybridized carbons (Fsp3) is 0.857. The van der Waals surface area contributed by atoms with Crippen molar-refractivity contribution in [2.24, 2.45) is 0 Å². The van der Waals surface area contributed by atoms with E-state index in [2.05, 4.69) is 48.1 Å². The van der Waals surface area contributed by atoms with E-state index < -0.39 is 5.60 Å². The Morgan fingerprint density at radius 1 is 0.941 bits per heavy atom. The summed E-state index contributed by atoms with van der Waals surface area (Å²) in [5.74, 6) is 1.54. The van der Waals surface area contributed by atoms with Crippen LogP contribution in [0.2, 0.25) is 0 Å². The SMILES string of the molecule is C=CCC(O)(CSC(C)(C)C)CSC(C)(C)C. The van der Waals surface area contributed by atoms with Crippen LogP contribution in [0.25, 0.3) is 0 Å². The second-order valence-corrected chi connectivity index (χ2v) is 10.1. The van der Waals surface area contributed by atoms with E-state index in [0.717, 1.165) is 11.5 Å². The van der Waals surface area contributed by atoms with Crippen molar-refractivity contribution >= 4 is 23.5 Å². The average Bonchev–Trinajstić information content (AvgIpc) is 2.11. The van der Waals surface area contributed by atoms with Crippen LogP contribution in [0.3, 0.4) is 0 Å². The Kier molecular flexibility index (Phi) is 6.69. The Morgan fingerprint density at radius 2 is 1.29 bits per heavy atom. The zero-order valence-corrected chi connectivity index (χ0v) is 13.8. The van der Waals surface area contributed by atoms with Gasteiger partial charge in [0.2, 0.25) is 0 Å². The summed E-state index contributed by atoms with van der Waals surface area (Å²) in [6.45, 7) is 16.9. The normalized spacial score (nSPS) is 13.8. The molecule has 0 fully saturated rings. The molecule has 0 aliphatic heterocycles. The van der Waals surface area contributed by atoms with Crippen molar-refractivity contribution in [3.05, 3.63) is 12.7 Å². The first kappa shape index (κ1) is 17.4. The molecule has 0 atom stereocenters. The van der Waals surface area contributed by atoms with Crippen LogP contribution in [0.1, 0.15) is 48.0 Å². The molecule has 1 N–H and O–H groups in total. The summed E-state index contributed by atoms with van der Waals surface area (Å²) in [5, 5.41) is 10.6. The van der Waals surface area contributed by atoms with Crippen LogP contribution in [-0.4, -0.2) is 31.7 Å². The molecule has 0 aliphatic rings. The second kappa shape index (κ2) is 6.53. The molecule has 102 valence electrons. The molecule has 0 aromatic carbocycles. The van der Waals surface area contributed by atoms with E-state index in [4.69, 9.17) is 0 Å². The summed E-state index contributed by atoms with van der Waals surface area (Å²) in [7, 11) is 0. The van der Waals surface area contributed by atoms with Crippen LogP contribution in [0.15, 0.2) is 12.7 Å². The monoisotopic (exact) mass is 276 g/mol. The quantitative estimate of drug-likeness (QED) is 0.728. The molecule has 0 bridgehead atoms. The van der Waals surface area contributed by atoms with E-state index in [0.29, 0.717) is 6.42 Å². The number of hydrogen-bond acceptors (Lipinski definition) is 3. The van der Waals surface area contributed by atoms with E-state index in [1.807, 2.05) is 29.6 Å². The molecule has 0 aromatic heterocycles. The lowest BCUT2D eigenvalue weighted by atomic mass is 10.1. The molecule has 0 saturated heterocycles. The molecule has 1 nitrogen and oxygen atoms in total. The van der Waals surface area contributed by atoms with Crippen LogP contribution in [0.4, 0.5) is 0 Å². The highest BCUT2D eigenvalue weighted by atomic mass is 32.2. The minimum absolute atomic E-state index is 0.196. The molecule has 3 heteroatoms. The predicted molar refractivity (Wildman–Crippen MR) is 84.2 cm³/mol. The van der Waals surface area contributed by atoms with Gasteiger partial charge in [0.25, 0.3) is 0 Å². The maximum absolute atomic E-state index is 10.6. The van der Waals surface area contributed by atoms with Crippen molar-refractivity contribution < 1.29 is 5.11 Å². The molecule has 0 spiro atoms. The van der Waals surface area contributed by atoms with E-state index in [1.54, 1.807) is 0 Å². The van der Waals surface area contributed by atoms with Gasteiger partial charge in [-0.15, -0.1) is 6.58 Å². The van der Waals surface area contributed by atoms with E-state index in [-0.39, 0.29) is 9.49 Å². The minimum atomic E-state index is -0.627. The van der Waals surface area contributed by atoms with Crippen molar-refractivity contribution in [1.82, 2.24) is 0 Å². The molecule has 0 amide bonds. The maximum Gasteiger partial charge on any atom is 0.0862 e. The fourth-order valence-electron chi connectivity index (χ4n) is 1.13. The predicted octanol–water partition coefficient (Wildman–Crippen LogP) is 4.36. The Balaban J connectivity index is 4.40. The Labute approximate surface area is 116 Å². The lowest BCUT2D eigenvalue weighted by Gasteiger charge is -2.32. The molecule has 0 heterocycles. The summed E-state index contributed by atoms with van der Waals surface area (Å²) < 4.78 is 0.392. The summed E-state index contributed by atoms with van der Waals surface area (Å²) in [6.07, 6.45) is 2.49. The molecule has 0 rings (SSSR count). The third-order valence-electron chi connectivity index (χ3n) is 2.07. The molecule has 0 aliphatic carbocycles. The largest absolute Gasteiger partial charge is 0.388 e. The fourth-order valence-corrected chi connectivity index (χ4v) is 3.10. The van der Waals surface area contributed by atoms with Gasteiger partial charge in [0.05, 0.1) is 5.60 Å². The first-order valence-electron chi connectivity index (χ1n) is 6.09. The van der Waals surface area contributed by atoms with Crippen LogP contribution in [0, 0.1) is 0 Å². The van der Waals surface area contributed by atoms with Gasteiger partial charge in [-0.2, -0.15) is 23.5 Å². The number of rotatable bonds is 6. The molecule has 17 heavy (non-hydrogen) atoms. The van der Waals surface area contributed by atoms with Gasteiger partial charge in [0.15, 0.2) is 0 Å².